The fourth-order valence-corrected chi connectivity index (χ4v) is 3.22. The number of anilines is 4. The van der Waals surface area contributed by atoms with Gasteiger partial charge < -0.3 is 21.7 Å². The zero-order chi connectivity index (χ0) is 21.7. The minimum atomic E-state index is -0.0765. The average molecular weight is 405 g/mol. The van der Waals surface area contributed by atoms with Crippen molar-refractivity contribution in [3.05, 3.63) is 59.2 Å². The molecule has 0 unspecified atom stereocenters. The number of rotatable bonds is 7. The summed E-state index contributed by atoms with van der Waals surface area (Å²) in [5.41, 5.74) is 13.0. The summed E-state index contributed by atoms with van der Waals surface area (Å²) in [5, 5.41) is 9.48. The number of amides is 1. The fraction of sp³-hybridized carbons (Fsp3) is 0.261. The molecule has 0 atom stereocenters. The Morgan fingerprint density at radius 1 is 0.967 bits per heavy atom. The summed E-state index contributed by atoms with van der Waals surface area (Å²) >= 11 is 0. The van der Waals surface area contributed by atoms with E-state index in [1.807, 2.05) is 43.3 Å². The topological polar surface area (TPSA) is 105 Å². The Hall–Kier alpha value is -3.61. The van der Waals surface area contributed by atoms with E-state index in [0.29, 0.717) is 18.9 Å². The van der Waals surface area contributed by atoms with Gasteiger partial charge in [0.05, 0.1) is 5.69 Å². The minimum absolute atomic E-state index is 0.0765. The van der Waals surface area contributed by atoms with E-state index in [1.54, 1.807) is 0 Å². The smallest absolute Gasteiger partial charge is 0.222 e. The molecule has 2 aromatic carbocycles. The highest BCUT2D eigenvalue weighted by Crippen LogP contribution is 2.26. The monoisotopic (exact) mass is 404 g/mol. The van der Waals surface area contributed by atoms with Gasteiger partial charge in [-0.3, -0.25) is 4.79 Å². The molecule has 3 aromatic rings. The maximum Gasteiger partial charge on any atom is 0.222 e. The quantitative estimate of drug-likeness (QED) is 0.441. The van der Waals surface area contributed by atoms with Gasteiger partial charge in [-0.25, -0.2) is 4.98 Å². The van der Waals surface area contributed by atoms with Crippen molar-refractivity contribution >= 4 is 29.0 Å². The molecule has 0 radical (unpaired) electrons. The first kappa shape index (κ1) is 21.1. The number of nitrogen functional groups attached to an aromatic ring is 1. The summed E-state index contributed by atoms with van der Waals surface area (Å²) < 4.78 is 0. The van der Waals surface area contributed by atoms with Crippen molar-refractivity contribution in [2.45, 2.75) is 27.7 Å². The number of aromatic nitrogens is 2. The molecule has 1 amide bonds. The third-order valence-electron chi connectivity index (χ3n) is 4.92. The normalized spacial score (nSPS) is 10.5. The summed E-state index contributed by atoms with van der Waals surface area (Å²) in [4.78, 5) is 19.9. The van der Waals surface area contributed by atoms with Crippen LogP contribution in [0.5, 0.6) is 0 Å². The van der Waals surface area contributed by atoms with Gasteiger partial charge in [0.25, 0.3) is 0 Å². The summed E-state index contributed by atoms with van der Waals surface area (Å²) in [7, 11) is 0. The zero-order valence-corrected chi connectivity index (χ0v) is 17.8. The predicted molar refractivity (Wildman–Crippen MR) is 124 cm³/mol. The van der Waals surface area contributed by atoms with E-state index in [4.69, 9.17) is 5.73 Å². The van der Waals surface area contributed by atoms with Crippen LogP contribution in [0.4, 0.5) is 23.1 Å². The lowest BCUT2D eigenvalue weighted by Gasteiger charge is -2.13. The molecule has 0 saturated heterocycles. The molecule has 3 rings (SSSR count). The van der Waals surface area contributed by atoms with E-state index < -0.39 is 0 Å². The number of nitrogens with one attached hydrogen (secondary N) is 3. The maximum absolute atomic E-state index is 11.2. The molecular formula is C23H28N6O. The Morgan fingerprint density at radius 2 is 1.73 bits per heavy atom. The highest BCUT2D eigenvalue weighted by molar-refractivity contribution is 5.89. The first-order valence-corrected chi connectivity index (χ1v) is 9.90. The average Bonchev–Trinajstić information content (AvgIpc) is 2.68. The summed E-state index contributed by atoms with van der Waals surface area (Å²) in [6.07, 6.45) is 0. The lowest BCUT2D eigenvalue weighted by atomic mass is 10.0. The van der Waals surface area contributed by atoms with Crippen molar-refractivity contribution in [1.29, 1.82) is 0 Å². The number of hydrogen-bond acceptors (Lipinski definition) is 6. The predicted octanol–water partition coefficient (Wildman–Crippen LogP) is 4.13. The van der Waals surface area contributed by atoms with Crippen LogP contribution in [0.15, 0.2) is 42.5 Å². The second kappa shape index (κ2) is 9.26. The van der Waals surface area contributed by atoms with Crippen LogP contribution in [0.1, 0.15) is 23.6 Å². The van der Waals surface area contributed by atoms with Crippen LogP contribution in [0, 0.1) is 20.8 Å². The van der Waals surface area contributed by atoms with Gasteiger partial charge in [-0.1, -0.05) is 18.2 Å². The number of hydrogen-bond donors (Lipinski definition) is 4. The maximum atomic E-state index is 11.2. The molecule has 0 bridgehead atoms. The molecule has 7 nitrogen and oxygen atoms in total. The molecule has 156 valence electrons. The molecule has 0 aliphatic heterocycles. The molecule has 0 fully saturated rings. The van der Waals surface area contributed by atoms with E-state index in [1.165, 1.54) is 18.1 Å². The Kier molecular flexibility index (Phi) is 6.51. The van der Waals surface area contributed by atoms with Gasteiger partial charge in [0, 0.05) is 43.0 Å². The minimum Gasteiger partial charge on any atom is -0.383 e. The van der Waals surface area contributed by atoms with Gasteiger partial charge in [-0.15, -0.1) is 0 Å². The Labute approximate surface area is 177 Å². The molecule has 0 spiro atoms. The molecule has 5 N–H and O–H groups in total. The van der Waals surface area contributed by atoms with Crippen LogP contribution in [-0.4, -0.2) is 29.0 Å². The number of carbonyl (C=O) groups excluding carboxylic acids is 1. The number of nitrogens with two attached hydrogens (primary N) is 1. The number of benzene rings is 2. The highest BCUT2D eigenvalue weighted by Gasteiger charge is 2.09. The molecule has 0 aliphatic carbocycles. The Balaban J connectivity index is 1.61. The van der Waals surface area contributed by atoms with Crippen LogP contribution < -0.4 is 21.7 Å². The van der Waals surface area contributed by atoms with Gasteiger partial charge in [0.1, 0.15) is 5.82 Å². The third kappa shape index (κ3) is 5.26. The SMILES string of the molecule is CC(=O)Nc1ccc(NCCNc2cc(-c3cccc(C)c3C)nc(N)n2)cc1C. The summed E-state index contributed by atoms with van der Waals surface area (Å²) in [6.45, 7) is 8.99. The van der Waals surface area contributed by atoms with Crippen LogP contribution in [-0.2, 0) is 4.79 Å². The summed E-state index contributed by atoms with van der Waals surface area (Å²) in [5.74, 6) is 0.859. The number of carbonyl (C=O) groups is 1. The largest absolute Gasteiger partial charge is 0.383 e. The van der Waals surface area contributed by atoms with Crippen LogP contribution in [0.25, 0.3) is 11.3 Å². The van der Waals surface area contributed by atoms with Crippen molar-refractivity contribution in [2.24, 2.45) is 0 Å². The first-order chi connectivity index (χ1) is 14.3. The fourth-order valence-electron chi connectivity index (χ4n) is 3.22. The van der Waals surface area contributed by atoms with Gasteiger partial charge in [-0.05, 0) is 55.7 Å². The second-order valence-electron chi connectivity index (χ2n) is 7.31. The van der Waals surface area contributed by atoms with Crippen molar-refractivity contribution in [2.75, 3.05) is 34.8 Å². The molecule has 0 aliphatic rings. The van der Waals surface area contributed by atoms with E-state index in [-0.39, 0.29) is 11.9 Å². The van der Waals surface area contributed by atoms with Crippen molar-refractivity contribution in [3.63, 3.8) is 0 Å². The first-order valence-electron chi connectivity index (χ1n) is 9.90. The number of aryl methyl sites for hydroxylation is 2. The third-order valence-corrected chi connectivity index (χ3v) is 4.92. The van der Waals surface area contributed by atoms with E-state index in [0.717, 1.165) is 28.2 Å². The van der Waals surface area contributed by atoms with Crippen LogP contribution >= 0.6 is 0 Å². The van der Waals surface area contributed by atoms with Gasteiger partial charge in [-0.2, -0.15) is 4.98 Å². The van der Waals surface area contributed by atoms with E-state index in [9.17, 15) is 4.79 Å². The lowest BCUT2D eigenvalue weighted by molar-refractivity contribution is -0.114. The summed E-state index contributed by atoms with van der Waals surface area (Å²) in [6, 6.07) is 13.9. The van der Waals surface area contributed by atoms with Crippen molar-refractivity contribution in [1.82, 2.24) is 9.97 Å². The molecule has 1 aromatic heterocycles. The van der Waals surface area contributed by atoms with E-state index >= 15 is 0 Å². The Morgan fingerprint density at radius 3 is 2.47 bits per heavy atom. The van der Waals surface area contributed by atoms with Crippen LogP contribution in [0.2, 0.25) is 0 Å². The van der Waals surface area contributed by atoms with Crippen LogP contribution in [0.3, 0.4) is 0 Å². The van der Waals surface area contributed by atoms with Gasteiger partial charge >= 0.3 is 0 Å². The molecule has 30 heavy (non-hydrogen) atoms. The standard InChI is InChI=1S/C23H28N6O/c1-14-6-5-7-19(16(14)3)21-13-22(29-23(24)28-21)26-11-10-25-18-8-9-20(15(2)12-18)27-17(4)30/h5-9,12-13,25H,10-11H2,1-4H3,(H,27,30)(H3,24,26,28,29). The molecule has 0 saturated carbocycles. The Bertz CT molecular complexity index is 1060. The van der Waals surface area contributed by atoms with Gasteiger partial charge in [0.2, 0.25) is 11.9 Å². The lowest BCUT2D eigenvalue weighted by Crippen LogP contribution is -2.15. The highest BCUT2D eigenvalue weighted by atomic mass is 16.1. The zero-order valence-electron chi connectivity index (χ0n) is 17.8. The molecule has 1 heterocycles. The van der Waals surface area contributed by atoms with Gasteiger partial charge in [0.15, 0.2) is 0 Å². The number of nitrogens with zero attached hydrogens (tertiary/aromatic N) is 2. The van der Waals surface area contributed by atoms with E-state index in [2.05, 4.69) is 45.8 Å². The van der Waals surface area contributed by atoms with Crippen molar-refractivity contribution < 1.29 is 4.79 Å². The molecule has 7 heteroatoms. The van der Waals surface area contributed by atoms with Crippen molar-refractivity contribution in [3.8, 4) is 11.3 Å². The second-order valence-corrected chi connectivity index (χ2v) is 7.31. The molecular weight excluding hydrogens is 376 g/mol.